The molecule has 4 fully saturated rings. The van der Waals surface area contributed by atoms with Crippen LogP contribution in [0.25, 0.3) is 0 Å². The van der Waals surface area contributed by atoms with Crippen LogP contribution in [0.1, 0.15) is 71.6 Å². The monoisotopic (exact) mass is 292 g/mol. The second-order valence-electron chi connectivity index (χ2n) is 9.31. The molecule has 2 heteroatoms. The van der Waals surface area contributed by atoms with Gasteiger partial charge in [0.2, 0.25) is 0 Å². The van der Waals surface area contributed by atoms with E-state index in [1.165, 1.54) is 32.1 Å². The zero-order valence-corrected chi connectivity index (χ0v) is 13.7. The second-order valence-corrected chi connectivity index (χ2v) is 9.31. The van der Waals surface area contributed by atoms with Gasteiger partial charge in [-0.05, 0) is 85.9 Å². The highest BCUT2D eigenvalue weighted by molar-refractivity contribution is 5.09. The van der Waals surface area contributed by atoms with Crippen molar-refractivity contribution < 1.29 is 10.2 Å². The molecule has 0 radical (unpaired) electrons. The van der Waals surface area contributed by atoms with E-state index >= 15 is 0 Å². The number of rotatable bonds is 0. The molecule has 0 spiro atoms. The number of aliphatic hydroxyl groups excluding tert-OH is 2. The van der Waals surface area contributed by atoms with E-state index in [1.807, 2.05) is 0 Å². The summed E-state index contributed by atoms with van der Waals surface area (Å²) >= 11 is 0. The molecule has 8 atom stereocenters. The summed E-state index contributed by atoms with van der Waals surface area (Å²) in [6.07, 6.45) is 10.6. The molecule has 0 saturated heterocycles. The maximum Gasteiger partial charge on any atom is 0.0577 e. The Balaban J connectivity index is 1.66. The van der Waals surface area contributed by atoms with Crippen molar-refractivity contribution in [3.8, 4) is 0 Å². The molecule has 0 amide bonds. The predicted molar refractivity (Wildman–Crippen MR) is 83.7 cm³/mol. The summed E-state index contributed by atoms with van der Waals surface area (Å²) in [4.78, 5) is 0. The van der Waals surface area contributed by atoms with Gasteiger partial charge in [-0.1, -0.05) is 20.3 Å². The summed E-state index contributed by atoms with van der Waals surface area (Å²) in [5, 5.41) is 20.9. The summed E-state index contributed by atoms with van der Waals surface area (Å²) in [5.41, 5.74) is 0.851. The van der Waals surface area contributed by atoms with E-state index in [-0.39, 0.29) is 17.6 Å². The standard InChI is InChI=1S/C19H32O2/c1-18-7-3-4-14(18)13-11-17(21)16-10-12(20)5-9-19(16,2)15(13)6-8-18/h12-17,20-21H,3-11H2,1-2H3/t12?,13?,14?,15?,16?,17-,18?,19-/m1/s1. The van der Waals surface area contributed by atoms with Crippen LogP contribution >= 0.6 is 0 Å². The van der Waals surface area contributed by atoms with Gasteiger partial charge in [-0.2, -0.15) is 0 Å². The van der Waals surface area contributed by atoms with Crippen LogP contribution in [0, 0.1) is 34.5 Å². The fourth-order valence-electron chi connectivity index (χ4n) is 7.27. The lowest BCUT2D eigenvalue weighted by Gasteiger charge is -2.61. The van der Waals surface area contributed by atoms with Crippen LogP contribution in [0.5, 0.6) is 0 Å². The highest BCUT2D eigenvalue weighted by atomic mass is 16.3. The van der Waals surface area contributed by atoms with Crippen molar-refractivity contribution in [2.75, 3.05) is 0 Å². The summed E-state index contributed by atoms with van der Waals surface area (Å²) in [7, 11) is 0. The van der Waals surface area contributed by atoms with Crippen LogP contribution in [0.2, 0.25) is 0 Å². The smallest absolute Gasteiger partial charge is 0.0577 e. The zero-order chi connectivity index (χ0) is 14.8. The van der Waals surface area contributed by atoms with E-state index in [9.17, 15) is 10.2 Å². The molecule has 0 bridgehead atoms. The molecule has 0 aromatic carbocycles. The van der Waals surface area contributed by atoms with Gasteiger partial charge in [-0.25, -0.2) is 0 Å². The molecular formula is C19H32O2. The largest absolute Gasteiger partial charge is 0.393 e. The van der Waals surface area contributed by atoms with E-state index < -0.39 is 0 Å². The minimum absolute atomic E-state index is 0.172. The summed E-state index contributed by atoms with van der Waals surface area (Å²) in [6.45, 7) is 4.97. The molecule has 0 aromatic heterocycles. The van der Waals surface area contributed by atoms with Gasteiger partial charge in [0.15, 0.2) is 0 Å². The first-order chi connectivity index (χ1) is 9.94. The van der Waals surface area contributed by atoms with Crippen molar-refractivity contribution in [2.24, 2.45) is 34.5 Å². The van der Waals surface area contributed by atoms with Crippen molar-refractivity contribution >= 4 is 0 Å². The number of hydrogen-bond acceptors (Lipinski definition) is 2. The molecule has 2 N–H and O–H groups in total. The lowest BCUT2D eigenvalue weighted by Crippen LogP contribution is -2.57. The highest BCUT2D eigenvalue weighted by Crippen LogP contribution is 2.66. The maximum absolute atomic E-state index is 10.8. The third-order valence-electron chi connectivity index (χ3n) is 8.43. The first kappa shape index (κ1) is 14.5. The average molecular weight is 292 g/mol. The van der Waals surface area contributed by atoms with E-state index in [0.29, 0.717) is 11.3 Å². The first-order valence-corrected chi connectivity index (χ1v) is 9.30. The third-order valence-corrected chi connectivity index (χ3v) is 8.43. The van der Waals surface area contributed by atoms with Crippen molar-refractivity contribution in [1.29, 1.82) is 0 Å². The van der Waals surface area contributed by atoms with E-state index in [2.05, 4.69) is 13.8 Å². The lowest BCUT2D eigenvalue weighted by molar-refractivity contribution is -0.167. The van der Waals surface area contributed by atoms with Crippen LogP contribution in [0.15, 0.2) is 0 Å². The summed E-state index contributed by atoms with van der Waals surface area (Å²) < 4.78 is 0. The summed E-state index contributed by atoms with van der Waals surface area (Å²) in [6, 6.07) is 0. The Morgan fingerprint density at radius 2 is 1.62 bits per heavy atom. The van der Waals surface area contributed by atoms with Gasteiger partial charge < -0.3 is 10.2 Å². The van der Waals surface area contributed by atoms with Crippen molar-refractivity contribution in [3.63, 3.8) is 0 Å². The van der Waals surface area contributed by atoms with Crippen LogP contribution in [-0.4, -0.2) is 22.4 Å². The van der Waals surface area contributed by atoms with Crippen LogP contribution in [-0.2, 0) is 0 Å². The zero-order valence-electron chi connectivity index (χ0n) is 13.7. The van der Waals surface area contributed by atoms with Gasteiger partial charge in [-0.15, -0.1) is 0 Å². The van der Waals surface area contributed by atoms with Gasteiger partial charge in [0.05, 0.1) is 12.2 Å². The summed E-state index contributed by atoms with van der Waals surface area (Å²) in [5.74, 6) is 2.75. The molecule has 0 aliphatic heterocycles. The van der Waals surface area contributed by atoms with Crippen LogP contribution in [0.4, 0.5) is 0 Å². The lowest BCUT2D eigenvalue weighted by atomic mass is 9.44. The van der Waals surface area contributed by atoms with Gasteiger partial charge in [-0.3, -0.25) is 0 Å². The second kappa shape index (κ2) is 4.71. The SMILES string of the molecule is CC12CCCC1C1C[C@@H](O)C3CC(O)CC[C@]3(C)C1CC2. The average Bonchev–Trinajstić information content (AvgIpc) is 2.83. The Labute approximate surface area is 129 Å². The number of fused-ring (bicyclic) bond motifs is 5. The van der Waals surface area contributed by atoms with E-state index in [0.717, 1.165) is 43.4 Å². The topological polar surface area (TPSA) is 40.5 Å². The molecule has 21 heavy (non-hydrogen) atoms. The molecule has 4 aliphatic carbocycles. The Kier molecular flexibility index (Phi) is 3.25. The molecule has 4 rings (SSSR count). The number of hydrogen-bond donors (Lipinski definition) is 2. The first-order valence-electron chi connectivity index (χ1n) is 9.30. The Hall–Kier alpha value is -0.0800. The molecule has 2 nitrogen and oxygen atoms in total. The highest BCUT2D eigenvalue weighted by Gasteiger charge is 2.59. The maximum atomic E-state index is 10.8. The third kappa shape index (κ3) is 1.97. The van der Waals surface area contributed by atoms with Gasteiger partial charge >= 0.3 is 0 Å². The molecule has 6 unspecified atom stereocenters. The quantitative estimate of drug-likeness (QED) is 0.714. The molecule has 4 saturated carbocycles. The van der Waals surface area contributed by atoms with Gasteiger partial charge in [0.1, 0.15) is 0 Å². The predicted octanol–water partition coefficient (Wildman–Crippen LogP) is 3.75. The molecular weight excluding hydrogens is 260 g/mol. The van der Waals surface area contributed by atoms with Crippen LogP contribution in [0.3, 0.4) is 0 Å². The van der Waals surface area contributed by atoms with Gasteiger partial charge in [0, 0.05) is 0 Å². The van der Waals surface area contributed by atoms with E-state index in [4.69, 9.17) is 0 Å². The van der Waals surface area contributed by atoms with Crippen molar-refractivity contribution in [3.05, 3.63) is 0 Å². The molecule has 120 valence electrons. The Bertz CT molecular complexity index is 422. The minimum atomic E-state index is -0.172. The fraction of sp³-hybridized carbons (Fsp3) is 1.00. The molecule has 0 heterocycles. The van der Waals surface area contributed by atoms with Crippen molar-refractivity contribution in [2.45, 2.75) is 83.8 Å². The molecule has 0 aromatic rings. The Morgan fingerprint density at radius 1 is 0.810 bits per heavy atom. The Morgan fingerprint density at radius 3 is 2.43 bits per heavy atom. The number of aliphatic hydroxyl groups is 2. The van der Waals surface area contributed by atoms with E-state index in [1.54, 1.807) is 0 Å². The van der Waals surface area contributed by atoms with Crippen LogP contribution < -0.4 is 0 Å². The van der Waals surface area contributed by atoms with Gasteiger partial charge in [0.25, 0.3) is 0 Å². The fourth-order valence-corrected chi connectivity index (χ4v) is 7.27. The molecule has 4 aliphatic rings. The minimum Gasteiger partial charge on any atom is -0.393 e. The normalized spacial score (nSPS) is 60.0. The van der Waals surface area contributed by atoms with Crippen molar-refractivity contribution in [1.82, 2.24) is 0 Å².